The Bertz CT molecular complexity index is 329. The van der Waals surface area contributed by atoms with Gasteiger partial charge in [-0.3, -0.25) is 0 Å². The highest BCUT2D eigenvalue weighted by Crippen LogP contribution is 2.42. The number of nitrogens with zero attached hydrogens (tertiary/aromatic N) is 2. The third-order valence-electron chi connectivity index (χ3n) is 3.75. The van der Waals surface area contributed by atoms with Gasteiger partial charge in [-0.05, 0) is 26.3 Å². The van der Waals surface area contributed by atoms with Crippen molar-refractivity contribution in [2.45, 2.75) is 50.9 Å². The van der Waals surface area contributed by atoms with E-state index >= 15 is 0 Å². The Hall–Kier alpha value is -0.900. The van der Waals surface area contributed by atoms with Gasteiger partial charge in [0, 0.05) is 18.4 Å². The molecule has 1 N–H and O–H groups in total. The van der Waals surface area contributed by atoms with Gasteiger partial charge in [-0.2, -0.15) is 0 Å². The van der Waals surface area contributed by atoms with Gasteiger partial charge in [-0.25, -0.2) is 0 Å². The lowest BCUT2D eigenvalue weighted by atomic mass is 9.83. The van der Waals surface area contributed by atoms with E-state index in [2.05, 4.69) is 22.4 Å². The summed E-state index contributed by atoms with van der Waals surface area (Å²) in [6, 6.07) is 0. The summed E-state index contributed by atoms with van der Waals surface area (Å²) in [6.45, 7) is 3.11. The third kappa shape index (κ3) is 2.12. The van der Waals surface area contributed by atoms with Gasteiger partial charge in [-0.1, -0.05) is 19.8 Å². The molecule has 0 aromatic carbocycles. The predicted octanol–water partition coefficient (Wildman–Crippen LogP) is 2.05. The van der Waals surface area contributed by atoms with Crippen molar-refractivity contribution in [3.05, 3.63) is 11.8 Å². The smallest absolute Gasteiger partial charge is 0.222 e. The van der Waals surface area contributed by atoms with E-state index in [1.54, 1.807) is 0 Å². The van der Waals surface area contributed by atoms with Gasteiger partial charge < -0.3 is 9.73 Å². The molecular formula is C12H21N3O. The van der Waals surface area contributed by atoms with Crippen LogP contribution in [0, 0.1) is 0 Å². The molecule has 0 atom stereocenters. The monoisotopic (exact) mass is 223 g/mol. The van der Waals surface area contributed by atoms with Crippen LogP contribution in [0.25, 0.3) is 0 Å². The zero-order valence-electron chi connectivity index (χ0n) is 10.3. The van der Waals surface area contributed by atoms with Gasteiger partial charge in [0.25, 0.3) is 0 Å². The second kappa shape index (κ2) is 4.95. The molecule has 4 heteroatoms. The summed E-state index contributed by atoms with van der Waals surface area (Å²) in [5, 5.41) is 11.5. The van der Waals surface area contributed by atoms with Gasteiger partial charge in [0.15, 0.2) is 0 Å². The zero-order chi connectivity index (χ0) is 11.4. The molecule has 0 bridgehead atoms. The van der Waals surface area contributed by atoms with Crippen molar-refractivity contribution in [3.8, 4) is 0 Å². The summed E-state index contributed by atoms with van der Waals surface area (Å²) in [5.74, 6) is 1.64. The molecule has 1 aromatic rings. The lowest BCUT2D eigenvalue weighted by Crippen LogP contribution is -2.21. The van der Waals surface area contributed by atoms with Crippen LogP contribution in [-0.2, 0) is 11.8 Å². The lowest BCUT2D eigenvalue weighted by Gasteiger charge is -2.22. The summed E-state index contributed by atoms with van der Waals surface area (Å²) < 4.78 is 5.80. The van der Waals surface area contributed by atoms with Crippen LogP contribution in [0.5, 0.6) is 0 Å². The van der Waals surface area contributed by atoms with Crippen LogP contribution in [0.3, 0.4) is 0 Å². The minimum absolute atomic E-state index is 0.185. The fourth-order valence-corrected chi connectivity index (χ4v) is 2.57. The van der Waals surface area contributed by atoms with E-state index in [9.17, 15) is 0 Å². The lowest BCUT2D eigenvalue weighted by molar-refractivity contribution is 0.305. The maximum atomic E-state index is 5.80. The molecule has 1 aliphatic carbocycles. The molecule has 0 aliphatic heterocycles. The first-order valence-electron chi connectivity index (χ1n) is 6.28. The number of hydrogen-bond donors (Lipinski definition) is 1. The minimum Gasteiger partial charge on any atom is -0.425 e. The van der Waals surface area contributed by atoms with Gasteiger partial charge >= 0.3 is 0 Å². The molecule has 2 rings (SSSR count). The minimum atomic E-state index is 0.185. The van der Waals surface area contributed by atoms with Crippen LogP contribution >= 0.6 is 0 Å². The average molecular weight is 223 g/mol. The second-order valence-corrected chi connectivity index (χ2v) is 4.70. The molecule has 0 radical (unpaired) electrons. The molecule has 16 heavy (non-hydrogen) atoms. The van der Waals surface area contributed by atoms with Crippen LogP contribution in [-0.4, -0.2) is 23.8 Å². The van der Waals surface area contributed by atoms with Crippen LogP contribution in [0.1, 0.15) is 50.8 Å². The largest absolute Gasteiger partial charge is 0.425 e. The first kappa shape index (κ1) is 11.6. The van der Waals surface area contributed by atoms with Gasteiger partial charge in [0.2, 0.25) is 11.8 Å². The predicted molar refractivity (Wildman–Crippen MR) is 62.4 cm³/mol. The Morgan fingerprint density at radius 2 is 2.06 bits per heavy atom. The van der Waals surface area contributed by atoms with Crippen LogP contribution in [0.15, 0.2) is 4.42 Å². The molecule has 1 aromatic heterocycles. The fourth-order valence-electron chi connectivity index (χ4n) is 2.57. The van der Waals surface area contributed by atoms with E-state index < -0.39 is 0 Å². The van der Waals surface area contributed by atoms with E-state index in [1.165, 1.54) is 25.7 Å². The highest BCUT2D eigenvalue weighted by atomic mass is 16.4. The van der Waals surface area contributed by atoms with Crippen molar-refractivity contribution in [2.75, 3.05) is 13.6 Å². The van der Waals surface area contributed by atoms with Crippen LogP contribution in [0.2, 0.25) is 0 Å². The Labute approximate surface area is 96.8 Å². The van der Waals surface area contributed by atoms with Crippen molar-refractivity contribution >= 4 is 0 Å². The fraction of sp³-hybridized carbons (Fsp3) is 0.833. The topological polar surface area (TPSA) is 51.0 Å². The Kier molecular flexibility index (Phi) is 3.59. The van der Waals surface area contributed by atoms with Gasteiger partial charge in [0.05, 0.1) is 0 Å². The molecule has 0 unspecified atom stereocenters. The van der Waals surface area contributed by atoms with Crippen molar-refractivity contribution in [2.24, 2.45) is 0 Å². The quantitative estimate of drug-likeness (QED) is 0.830. The van der Waals surface area contributed by atoms with Gasteiger partial charge in [-0.15, -0.1) is 10.2 Å². The highest BCUT2D eigenvalue weighted by Gasteiger charge is 2.38. The van der Waals surface area contributed by atoms with Crippen molar-refractivity contribution in [1.82, 2.24) is 15.5 Å². The summed E-state index contributed by atoms with van der Waals surface area (Å²) >= 11 is 0. The Balaban J connectivity index is 2.10. The third-order valence-corrected chi connectivity index (χ3v) is 3.75. The summed E-state index contributed by atoms with van der Waals surface area (Å²) in [5.41, 5.74) is 0.185. The Morgan fingerprint density at radius 3 is 2.69 bits per heavy atom. The van der Waals surface area contributed by atoms with E-state index in [0.29, 0.717) is 0 Å². The van der Waals surface area contributed by atoms with E-state index in [1.807, 2.05) is 7.05 Å². The van der Waals surface area contributed by atoms with Crippen LogP contribution < -0.4 is 5.32 Å². The normalized spacial score (nSPS) is 19.1. The van der Waals surface area contributed by atoms with E-state index in [0.717, 1.165) is 31.2 Å². The maximum absolute atomic E-state index is 5.80. The van der Waals surface area contributed by atoms with Crippen molar-refractivity contribution in [1.29, 1.82) is 0 Å². The van der Waals surface area contributed by atoms with Crippen LogP contribution in [0.4, 0.5) is 0 Å². The van der Waals surface area contributed by atoms with Crippen molar-refractivity contribution < 1.29 is 4.42 Å². The highest BCUT2D eigenvalue weighted by molar-refractivity contribution is 5.06. The summed E-state index contributed by atoms with van der Waals surface area (Å²) in [6.07, 6.45) is 6.93. The average Bonchev–Trinajstić information content (AvgIpc) is 2.95. The first-order valence-corrected chi connectivity index (χ1v) is 6.28. The van der Waals surface area contributed by atoms with Gasteiger partial charge in [0.1, 0.15) is 0 Å². The Morgan fingerprint density at radius 1 is 1.31 bits per heavy atom. The zero-order valence-corrected chi connectivity index (χ0v) is 10.3. The molecule has 4 nitrogen and oxygen atoms in total. The summed E-state index contributed by atoms with van der Waals surface area (Å²) in [7, 11) is 1.93. The maximum Gasteiger partial charge on any atom is 0.222 e. The molecule has 0 spiro atoms. The second-order valence-electron chi connectivity index (χ2n) is 4.70. The molecule has 1 aliphatic rings. The number of hydrogen-bond acceptors (Lipinski definition) is 4. The van der Waals surface area contributed by atoms with Crippen molar-refractivity contribution in [3.63, 3.8) is 0 Å². The number of likely N-dealkylation sites (N-methyl/N-ethyl adjacent to an activating group) is 1. The molecule has 0 amide bonds. The molecule has 1 saturated carbocycles. The number of aromatic nitrogens is 2. The SMILES string of the molecule is CCC1(c2nnc(CCNC)o2)CCCC1. The number of rotatable bonds is 5. The van der Waals surface area contributed by atoms with E-state index in [-0.39, 0.29) is 5.41 Å². The first-order chi connectivity index (χ1) is 7.80. The molecule has 90 valence electrons. The molecule has 1 fully saturated rings. The standard InChI is InChI=1S/C12H21N3O/c1-3-12(7-4-5-8-12)11-15-14-10(16-11)6-9-13-2/h13H,3-9H2,1-2H3. The molecular weight excluding hydrogens is 202 g/mol. The molecule has 0 saturated heterocycles. The molecule has 1 heterocycles. The summed E-state index contributed by atoms with van der Waals surface area (Å²) in [4.78, 5) is 0. The number of nitrogens with one attached hydrogen (secondary N) is 1. The van der Waals surface area contributed by atoms with E-state index in [4.69, 9.17) is 4.42 Å².